The summed E-state index contributed by atoms with van der Waals surface area (Å²) >= 11 is 3.54. The molecule has 2 rings (SSSR count). The van der Waals surface area contributed by atoms with E-state index in [0.717, 1.165) is 23.1 Å². The van der Waals surface area contributed by atoms with E-state index in [4.69, 9.17) is 15.2 Å². The van der Waals surface area contributed by atoms with Crippen molar-refractivity contribution in [3.63, 3.8) is 0 Å². The lowest BCUT2D eigenvalue weighted by Crippen LogP contribution is -2.27. The molecule has 0 aliphatic carbocycles. The Morgan fingerprint density at radius 1 is 1.39 bits per heavy atom. The van der Waals surface area contributed by atoms with E-state index in [9.17, 15) is 0 Å². The molecule has 1 aliphatic heterocycles. The predicted octanol–water partition coefficient (Wildman–Crippen LogP) is 3.03. The molecule has 1 saturated heterocycles. The molecule has 0 spiro atoms. The first kappa shape index (κ1) is 14.0. The highest BCUT2D eigenvalue weighted by molar-refractivity contribution is 9.10. The van der Waals surface area contributed by atoms with E-state index in [1.807, 2.05) is 24.3 Å². The Bertz CT molecular complexity index is 367. The van der Waals surface area contributed by atoms with Gasteiger partial charge in [-0.2, -0.15) is 0 Å². The van der Waals surface area contributed by atoms with E-state index in [1.54, 1.807) is 0 Å². The smallest absolute Gasteiger partial charge is 0.0959 e. The third kappa shape index (κ3) is 3.79. The van der Waals surface area contributed by atoms with Gasteiger partial charge in [-0.25, -0.2) is 0 Å². The Morgan fingerprint density at radius 3 is 2.89 bits per heavy atom. The number of rotatable bonds is 5. The Hall–Kier alpha value is -0.420. The summed E-state index contributed by atoms with van der Waals surface area (Å²) in [6.45, 7) is 1.97. The van der Waals surface area contributed by atoms with Crippen LogP contribution >= 0.6 is 15.9 Å². The summed E-state index contributed by atoms with van der Waals surface area (Å²) in [4.78, 5) is 0. The molecule has 2 N–H and O–H groups in total. The molecule has 2 atom stereocenters. The molecular formula is C14H20BrNO2. The standard InChI is InChI=1S/C14H20BrNO2/c15-13-7-2-1-6-12(13)14(9-16)18-10-11-5-3-4-8-17-11/h1-2,6-7,11,14H,3-5,8-10,16H2. The molecule has 3 nitrogen and oxygen atoms in total. The van der Waals surface area contributed by atoms with Crippen molar-refractivity contribution in [1.29, 1.82) is 0 Å². The van der Waals surface area contributed by atoms with Crippen molar-refractivity contribution in [3.8, 4) is 0 Å². The van der Waals surface area contributed by atoms with Crippen LogP contribution in [-0.2, 0) is 9.47 Å². The van der Waals surface area contributed by atoms with Crippen LogP contribution in [0, 0.1) is 0 Å². The molecular weight excluding hydrogens is 294 g/mol. The Labute approximate surface area is 117 Å². The maximum atomic E-state index is 5.92. The summed E-state index contributed by atoms with van der Waals surface area (Å²) in [7, 11) is 0. The second-order valence-electron chi connectivity index (χ2n) is 4.57. The predicted molar refractivity (Wildman–Crippen MR) is 75.5 cm³/mol. The molecule has 1 fully saturated rings. The van der Waals surface area contributed by atoms with Gasteiger partial charge in [0.25, 0.3) is 0 Å². The molecule has 4 heteroatoms. The zero-order valence-electron chi connectivity index (χ0n) is 10.5. The van der Waals surface area contributed by atoms with Crippen LogP contribution in [0.15, 0.2) is 28.7 Å². The lowest BCUT2D eigenvalue weighted by atomic mass is 10.1. The lowest BCUT2D eigenvalue weighted by Gasteiger charge is -2.25. The summed E-state index contributed by atoms with van der Waals surface area (Å²) in [6, 6.07) is 8.05. The van der Waals surface area contributed by atoms with Crippen LogP contribution in [0.2, 0.25) is 0 Å². The second-order valence-corrected chi connectivity index (χ2v) is 5.42. The molecule has 0 aromatic heterocycles. The third-order valence-corrected chi connectivity index (χ3v) is 3.95. The van der Waals surface area contributed by atoms with Gasteiger partial charge >= 0.3 is 0 Å². The van der Waals surface area contributed by atoms with Gasteiger partial charge < -0.3 is 15.2 Å². The number of nitrogens with two attached hydrogens (primary N) is 1. The van der Waals surface area contributed by atoms with Crippen LogP contribution in [0.5, 0.6) is 0 Å². The SMILES string of the molecule is NCC(OCC1CCCCO1)c1ccccc1Br. The average molecular weight is 314 g/mol. The van der Waals surface area contributed by atoms with Gasteiger partial charge in [-0.3, -0.25) is 0 Å². The van der Waals surface area contributed by atoms with Gasteiger partial charge in [0.2, 0.25) is 0 Å². The van der Waals surface area contributed by atoms with Crippen LogP contribution in [-0.4, -0.2) is 25.9 Å². The van der Waals surface area contributed by atoms with Gasteiger partial charge in [0, 0.05) is 17.6 Å². The minimum atomic E-state index is -0.0638. The van der Waals surface area contributed by atoms with Crippen molar-refractivity contribution >= 4 is 15.9 Å². The van der Waals surface area contributed by atoms with Crippen LogP contribution < -0.4 is 5.73 Å². The largest absolute Gasteiger partial charge is 0.376 e. The molecule has 0 bridgehead atoms. The molecule has 1 aliphatic rings. The fourth-order valence-corrected chi connectivity index (χ4v) is 2.72. The van der Waals surface area contributed by atoms with Crippen LogP contribution in [0.25, 0.3) is 0 Å². The average Bonchev–Trinajstić information content (AvgIpc) is 2.42. The number of hydrogen-bond donors (Lipinski definition) is 1. The van der Waals surface area contributed by atoms with Crippen LogP contribution in [0.3, 0.4) is 0 Å². The molecule has 18 heavy (non-hydrogen) atoms. The van der Waals surface area contributed by atoms with Crippen molar-refractivity contribution in [3.05, 3.63) is 34.3 Å². The molecule has 0 saturated carbocycles. The fourth-order valence-electron chi connectivity index (χ4n) is 2.18. The number of halogens is 1. The first-order valence-electron chi connectivity index (χ1n) is 6.49. The van der Waals surface area contributed by atoms with Gasteiger partial charge in [0.1, 0.15) is 0 Å². The zero-order chi connectivity index (χ0) is 12.8. The monoisotopic (exact) mass is 313 g/mol. The van der Waals surface area contributed by atoms with E-state index in [-0.39, 0.29) is 12.2 Å². The highest BCUT2D eigenvalue weighted by Gasteiger charge is 2.18. The van der Waals surface area contributed by atoms with E-state index < -0.39 is 0 Å². The summed E-state index contributed by atoms with van der Waals surface area (Å²) in [5, 5.41) is 0. The van der Waals surface area contributed by atoms with Crippen molar-refractivity contribution < 1.29 is 9.47 Å². The van der Waals surface area contributed by atoms with E-state index in [1.165, 1.54) is 12.8 Å². The van der Waals surface area contributed by atoms with Gasteiger partial charge in [-0.05, 0) is 30.9 Å². The van der Waals surface area contributed by atoms with Gasteiger partial charge in [-0.1, -0.05) is 34.1 Å². The van der Waals surface area contributed by atoms with Crippen LogP contribution in [0.4, 0.5) is 0 Å². The molecule has 1 aromatic rings. The van der Waals surface area contributed by atoms with E-state index in [0.29, 0.717) is 13.2 Å². The topological polar surface area (TPSA) is 44.5 Å². The molecule has 0 radical (unpaired) electrons. The molecule has 1 heterocycles. The Balaban J connectivity index is 1.91. The van der Waals surface area contributed by atoms with Gasteiger partial charge in [-0.15, -0.1) is 0 Å². The molecule has 100 valence electrons. The quantitative estimate of drug-likeness (QED) is 0.908. The fraction of sp³-hybridized carbons (Fsp3) is 0.571. The maximum absolute atomic E-state index is 5.92. The molecule has 0 amide bonds. The minimum Gasteiger partial charge on any atom is -0.376 e. The van der Waals surface area contributed by atoms with Gasteiger partial charge in [0.05, 0.1) is 18.8 Å². The Morgan fingerprint density at radius 2 is 2.22 bits per heavy atom. The van der Waals surface area contributed by atoms with Crippen molar-refractivity contribution in [2.24, 2.45) is 5.73 Å². The third-order valence-electron chi connectivity index (χ3n) is 3.22. The summed E-state index contributed by atoms with van der Waals surface area (Å²) < 4.78 is 12.6. The second kappa shape index (κ2) is 7.24. The molecule has 1 aromatic carbocycles. The summed E-state index contributed by atoms with van der Waals surface area (Å²) in [6.07, 6.45) is 3.66. The zero-order valence-corrected chi connectivity index (χ0v) is 12.1. The molecule has 2 unspecified atom stereocenters. The summed E-state index contributed by atoms with van der Waals surface area (Å²) in [5.74, 6) is 0. The highest BCUT2D eigenvalue weighted by atomic mass is 79.9. The van der Waals surface area contributed by atoms with Gasteiger partial charge in [0.15, 0.2) is 0 Å². The van der Waals surface area contributed by atoms with Crippen molar-refractivity contribution in [2.75, 3.05) is 19.8 Å². The number of benzene rings is 1. The Kier molecular flexibility index (Phi) is 5.63. The summed E-state index contributed by atoms with van der Waals surface area (Å²) in [5.41, 5.74) is 6.91. The first-order valence-corrected chi connectivity index (χ1v) is 7.28. The van der Waals surface area contributed by atoms with Crippen LogP contribution in [0.1, 0.15) is 30.9 Å². The lowest BCUT2D eigenvalue weighted by molar-refractivity contribution is -0.0619. The highest BCUT2D eigenvalue weighted by Crippen LogP contribution is 2.26. The van der Waals surface area contributed by atoms with Crippen molar-refractivity contribution in [2.45, 2.75) is 31.5 Å². The normalized spacial score (nSPS) is 21.8. The maximum Gasteiger partial charge on any atom is 0.0959 e. The van der Waals surface area contributed by atoms with E-state index in [2.05, 4.69) is 15.9 Å². The van der Waals surface area contributed by atoms with E-state index >= 15 is 0 Å². The minimum absolute atomic E-state index is 0.0638. The number of hydrogen-bond acceptors (Lipinski definition) is 3. The number of ether oxygens (including phenoxy) is 2. The van der Waals surface area contributed by atoms with Crippen molar-refractivity contribution in [1.82, 2.24) is 0 Å². The first-order chi connectivity index (χ1) is 8.81.